The highest BCUT2D eigenvalue weighted by molar-refractivity contribution is 14.0. The van der Waals surface area contributed by atoms with Gasteiger partial charge in [0.25, 0.3) is 0 Å². The third kappa shape index (κ3) is 8.57. The molecule has 1 heterocycles. The Balaban J connectivity index is 0.00000420. The number of halogens is 1. The van der Waals surface area contributed by atoms with E-state index in [1.54, 1.807) is 25.4 Å². The number of benzene rings is 1. The van der Waals surface area contributed by atoms with Crippen molar-refractivity contribution in [3.8, 4) is 5.88 Å². The molecule has 0 saturated carbocycles. The summed E-state index contributed by atoms with van der Waals surface area (Å²) in [4.78, 5) is 8.84. The van der Waals surface area contributed by atoms with Gasteiger partial charge in [-0.1, -0.05) is 25.1 Å². The first-order valence-corrected chi connectivity index (χ1v) is 11.1. The summed E-state index contributed by atoms with van der Waals surface area (Å²) in [5.74, 6) is 1.32. The van der Waals surface area contributed by atoms with Crippen molar-refractivity contribution in [3.63, 3.8) is 0 Å². The average Bonchev–Trinajstić information content (AvgIpc) is 2.69. The molecule has 0 saturated heterocycles. The van der Waals surface area contributed by atoms with E-state index in [2.05, 4.69) is 27.5 Å². The zero-order valence-electron chi connectivity index (χ0n) is 17.0. The molecule has 0 atom stereocenters. The highest BCUT2D eigenvalue weighted by atomic mass is 127. The molecule has 1 aromatic carbocycles. The molecule has 7 nitrogen and oxygen atoms in total. The van der Waals surface area contributed by atoms with Crippen LogP contribution in [0, 0.1) is 0 Å². The molecule has 0 aliphatic heterocycles. The Hall–Kier alpha value is -1.88. The maximum absolute atomic E-state index is 11.5. The van der Waals surface area contributed by atoms with Gasteiger partial charge in [-0.15, -0.1) is 24.0 Å². The minimum atomic E-state index is -3.16. The summed E-state index contributed by atoms with van der Waals surface area (Å²) in [5.41, 5.74) is 2.02. The smallest absolute Gasteiger partial charge is 0.218 e. The number of aromatic nitrogens is 1. The normalized spacial score (nSPS) is 11.5. The second kappa shape index (κ2) is 12.6. The molecule has 1 aromatic heterocycles. The van der Waals surface area contributed by atoms with E-state index in [4.69, 9.17) is 4.74 Å². The van der Waals surface area contributed by atoms with E-state index in [9.17, 15) is 8.42 Å². The van der Waals surface area contributed by atoms with Gasteiger partial charge in [0.2, 0.25) is 5.88 Å². The number of hydrogen-bond donors (Lipinski definition) is 2. The first kappa shape index (κ1) is 25.2. The van der Waals surface area contributed by atoms with Crippen LogP contribution in [0.5, 0.6) is 5.88 Å². The second-order valence-electron chi connectivity index (χ2n) is 6.33. The number of hydrogen-bond acceptors (Lipinski definition) is 5. The van der Waals surface area contributed by atoms with Crippen molar-refractivity contribution in [3.05, 3.63) is 53.7 Å². The van der Waals surface area contributed by atoms with Gasteiger partial charge in [0.15, 0.2) is 15.8 Å². The summed E-state index contributed by atoms with van der Waals surface area (Å²) in [6.45, 7) is 3.91. The summed E-state index contributed by atoms with van der Waals surface area (Å²) in [7, 11) is -1.44. The Bertz CT molecular complexity index is 887. The lowest BCUT2D eigenvalue weighted by molar-refractivity contribution is 0.301. The van der Waals surface area contributed by atoms with E-state index >= 15 is 0 Å². The Labute approximate surface area is 190 Å². The molecule has 2 rings (SSSR count). The van der Waals surface area contributed by atoms with Crippen molar-refractivity contribution < 1.29 is 13.2 Å². The molecule has 9 heteroatoms. The minimum absolute atomic E-state index is 0. The quantitative estimate of drug-likeness (QED) is 0.293. The number of nitrogens with zero attached hydrogens (tertiary/aromatic N) is 2. The SMILES string of the molecule is CCCOc1ncccc1CNC(=NC)NCCc1ccc(S(C)(=O)=O)cc1.I. The van der Waals surface area contributed by atoms with E-state index in [1.807, 2.05) is 24.3 Å². The van der Waals surface area contributed by atoms with E-state index in [0.29, 0.717) is 36.4 Å². The van der Waals surface area contributed by atoms with Crippen molar-refractivity contribution in [1.82, 2.24) is 15.6 Å². The van der Waals surface area contributed by atoms with Crippen LogP contribution < -0.4 is 15.4 Å². The number of sulfone groups is 1. The van der Waals surface area contributed by atoms with Crippen molar-refractivity contribution in [2.75, 3.05) is 26.5 Å². The highest BCUT2D eigenvalue weighted by Gasteiger charge is 2.07. The molecule has 160 valence electrons. The van der Waals surface area contributed by atoms with Gasteiger partial charge in [0, 0.05) is 38.2 Å². The van der Waals surface area contributed by atoms with Crippen LogP contribution in [0.4, 0.5) is 0 Å². The van der Waals surface area contributed by atoms with Crippen molar-refractivity contribution in [1.29, 1.82) is 0 Å². The number of aliphatic imine (C=N–C) groups is 1. The number of nitrogens with one attached hydrogen (secondary N) is 2. The van der Waals surface area contributed by atoms with Gasteiger partial charge in [0.1, 0.15) is 0 Å². The van der Waals surface area contributed by atoms with Crippen molar-refractivity contribution in [2.45, 2.75) is 31.2 Å². The van der Waals surface area contributed by atoms with Crippen LogP contribution in [-0.4, -0.2) is 45.8 Å². The topological polar surface area (TPSA) is 92.7 Å². The maximum Gasteiger partial charge on any atom is 0.218 e. The number of rotatable bonds is 9. The Morgan fingerprint density at radius 1 is 1.17 bits per heavy atom. The first-order chi connectivity index (χ1) is 13.4. The molecule has 0 aliphatic rings. The van der Waals surface area contributed by atoms with Crippen LogP contribution in [-0.2, 0) is 22.8 Å². The lowest BCUT2D eigenvalue weighted by atomic mass is 10.1. The second-order valence-corrected chi connectivity index (χ2v) is 8.35. The molecule has 0 amide bonds. The van der Waals surface area contributed by atoms with Gasteiger partial charge in [0.05, 0.1) is 11.5 Å². The first-order valence-electron chi connectivity index (χ1n) is 9.24. The zero-order valence-corrected chi connectivity index (χ0v) is 20.2. The molecule has 0 unspecified atom stereocenters. The third-order valence-corrected chi connectivity index (χ3v) is 5.15. The average molecular weight is 532 g/mol. The molecule has 0 radical (unpaired) electrons. The van der Waals surface area contributed by atoms with Crippen LogP contribution in [0.2, 0.25) is 0 Å². The molecule has 0 aliphatic carbocycles. The van der Waals surface area contributed by atoms with Crippen LogP contribution in [0.3, 0.4) is 0 Å². The Morgan fingerprint density at radius 2 is 1.90 bits per heavy atom. The van der Waals surface area contributed by atoms with Gasteiger partial charge in [-0.3, -0.25) is 4.99 Å². The lowest BCUT2D eigenvalue weighted by Crippen LogP contribution is -2.38. The van der Waals surface area contributed by atoms with Crippen LogP contribution in [0.1, 0.15) is 24.5 Å². The standard InChI is InChI=1S/C20H28N4O3S.HI/c1-4-14-27-19-17(6-5-12-22-19)15-24-20(21-2)23-13-11-16-7-9-18(10-8-16)28(3,25)26;/h5-10,12H,4,11,13-15H2,1-3H3,(H2,21,23,24);1H. The largest absolute Gasteiger partial charge is 0.477 e. The molecular formula is C20H29IN4O3S. The summed E-state index contributed by atoms with van der Waals surface area (Å²) in [6.07, 6.45) is 4.61. The molecule has 0 spiro atoms. The Morgan fingerprint density at radius 3 is 2.52 bits per heavy atom. The van der Waals surface area contributed by atoms with Gasteiger partial charge < -0.3 is 15.4 Å². The highest BCUT2D eigenvalue weighted by Crippen LogP contribution is 2.14. The van der Waals surface area contributed by atoms with Gasteiger partial charge in [-0.25, -0.2) is 13.4 Å². The molecule has 29 heavy (non-hydrogen) atoms. The monoisotopic (exact) mass is 532 g/mol. The van der Waals surface area contributed by atoms with Gasteiger partial charge >= 0.3 is 0 Å². The molecule has 0 bridgehead atoms. The summed E-state index contributed by atoms with van der Waals surface area (Å²) in [5, 5.41) is 6.51. The predicted octanol–water partition coefficient (Wildman–Crippen LogP) is 2.80. The number of ether oxygens (including phenoxy) is 1. The lowest BCUT2D eigenvalue weighted by Gasteiger charge is -2.14. The van der Waals surface area contributed by atoms with Crippen molar-refractivity contribution >= 4 is 39.8 Å². The zero-order chi connectivity index (χ0) is 20.4. The van der Waals surface area contributed by atoms with Crippen LogP contribution in [0.15, 0.2) is 52.5 Å². The van der Waals surface area contributed by atoms with Gasteiger partial charge in [-0.2, -0.15) is 0 Å². The van der Waals surface area contributed by atoms with E-state index in [1.165, 1.54) is 6.26 Å². The number of guanidine groups is 1. The Kier molecular flexibility index (Phi) is 11.0. The van der Waals surface area contributed by atoms with E-state index < -0.39 is 9.84 Å². The number of pyridine rings is 1. The molecular weight excluding hydrogens is 503 g/mol. The van der Waals surface area contributed by atoms with E-state index in [0.717, 1.165) is 24.0 Å². The van der Waals surface area contributed by atoms with Crippen LogP contribution in [0.25, 0.3) is 0 Å². The minimum Gasteiger partial charge on any atom is -0.477 e. The fourth-order valence-corrected chi connectivity index (χ4v) is 3.15. The molecule has 2 aromatic rings. The molecule has 2 N–H and O–H groups in total. The van der Waals surface area contributed by atoms with Crippen molar-refractivity contribution in [2.24, 2.45) is 4.99 Å². The fraction of sp³-hybridized carbons (Fsp3) is 0.400. The van der Waals surface area contributed by atoms with Crippen LogP contribution >= 0.6 is 24.0 Å². The predicted molar refractivity (Wildman–Crippen MR) is 127 cm³/mol. The van der Waals surface area contributed by atoms with Gasteiger partial charge in [-0.05, 0) is 36.6 Å². The maximum atomic E-state index is 11.5. The summed E-state index contributed by atoms with van der Waals surface area (Å²) in [6, 6.07) is 10.8. The molecule has 0 fully saturated rings. The van der Waals surface area contributed by atoms with E-state index in [-0.39, 0.29) is 24.0 Å². The summed E-state index contributed by atoms with van der Waals surface area (Å²) >= 11 is 0. The third-order valence-electron chi connectivity index (χ3n) is 4.02. The fourth-order valence-electron chi connectivity index (χ4n) is 2.52. The summed E-state index contributed by atoms with van der Waals surface area (Å²) < 4.78 is 28.7.